The first-order chi connectivity index (χ1) is 8.66. The summed E-state index contributed by atoms with van der Waals surface area (Å²) >= 11 is 0. The first-order valence-electron chi connectivity index (χ1n) is 6.35. The quantitative estimate of drug-likeness (QED) is 0.599. The summed E-state index contributed by atoms with van der Waals surface area (Å²) in [6, 6.07) is 0. The molecule has 0 atom stereocenters. The number of ether oxygens (including phenoxy) is 2. The summed E-state index contributed by atoms with van der Waals surface area (Å²) < 4.78 is 11.2. The van der Waals surface area contributed by atoms with E-state index >= 15 is 0 Å². The van der Waals surface area contributed by atoms with Gasteiger partial charge in [-0.1, -0.05) is 0 Å². The highest BCUT2D eigenvalue weighted by Gasteiger charge is 2.19. The predicted molar refractivity (Wildman–Crippen MR) is 66.4 cm³/mol. The van der Waals surface area contributed by atoms with Crippen LogP contribution in [0.1, 0.15) is 45.4 Å². The summed E-state index contributed by atoms with van der Waals surface area (Å²) in [6.07, 6.45) is 9.74. The van der Waals surface area contributed by atoms with Gasteiger partial charge in [0.2, 0.25) is 0 Å². The number of aliphatic carboxylic acids is 1. The van der Waals surface area contributed by atoms with Gasteiger partial charge in [-0.25, -0.2) is 4.79 Å². The Labute approximate surface area is 107 Å². The van der Waals surface area contributed by atoms with Crippen LogP contribution in [0.25, 0.3) is 0 Å². The predicted octanol–water partition coefficient (Wildman–Crippen LogP) is 3.47. The molecule has 4 heteroatoms. The van der Waals surface area contributed by atoms with Crippen LogP contribution in [0, 0.1) is 0 Å². The lowest BCUT2D eigenvalue weighted by Gasteiger charge is -2.14. The van der Waals surface area contributed by atoms with Crippen LogP contribution in [-0.4, -0.2) is 11.1 Å². The Morgan fingerprint density at radius 3 is 1.94 bits per heavy atom. The average Bonchev–Trinajstić information content (AvgIpc) is 2.99. The molecule has 18 heavy (non-hydrogen) atoms. The molecule has 0 saturated heterocycles. The molecule has 0 amide bonds. The fourth-order valence-electron chi connectivity index (χ4n) is 1.97. The fourth-order valence-corrected chi connectivity index (χ4v) is 1.97. The van der Waals surface area contributed by atoms with Gasteiger partial charge in [-0.05, 0) is 44.8 Å². The number of carboxylic acids is 1. The molecule has 2 aliphatic rings. The van der Waals surface area contributed by atoms with Gasteiger partial charge in [-0.15, -0.1) is 0 Å². The SMILES string of the molecule is CC(C(=O)O)=C(OC1=CCCC1)OC1=CCCC1. The monoisotopic (exact) mass is 250 g/mol. The molecule has 2 rings (SSSR count). The third-order valence-corrected chi connectivity index (χ3v) is 3.07. The topological polar surface area (TPSA) is 55.8 Å². The smallest absolute Gasteiger partial charge is 0.338 e. The third-order valence-electron chi connectivity index (χ3n) is 3.07. The minimum absolute atomic E-state index is 0.107. The molecule has 0 aliphatic heterocycles. The Morgan fingerprint density at radius 1 is 1.11 bits per heavy atom. The third kappa shape index (κ3) is 3.15. The van der Waals surface area contributed by atoms with Crippen molar-refractivity contribution in [2.45, 2.75) is 45.4 Å². The maximum absolute atomic E-state index is 11.0. The van der Waals surface area contributed by atoms with Crippen LogP contribution in [0.5, 0.6) is 0 Å². The van der Waals surface area contributed by atoms with Crippen LogP contribution >= 0.6 is 0 Å². The lowest BCUT2D eigenvalue weighted by molar-refractivity contribution is -0.133. The van der Waals surface area contributed by atoms with Gasteiger partial charge in [-0.3, -0.25) is 0 Å². The van der Waals surface area contributed by atoms with Crippen LogP contribution in [0.4, 0.5) is 0 Å². The molecule has 0 heterocycles. The fraction of sp³-hybridized carbons (Fsp3) is 0.500. The van der Waals surface area contributed by atoms with Crippen LogP contribution in [0.3, 0.4) is 0 Å². The molecule has 0 radical (unpaired) electrons. The Balaban J connectivity index is 2.11. The Hall–Kier alpha value is -1.71. The summed E-state index contributed by atoms with van der Waals surface area (Å²) in [6.45, 7) is 1.50. The second kappa shape index (κ2) is 5.76. The van der Waals surface area contributed by atoms with E-state index in [1.165, 1.54) is 6.92 Å². The molecular formula is C14H18O4. The van der Waals surface area contributed by atoms with Crippen molar-refractivity contribution in [3.05, 3.63) is 35.2 Å². The lowest BCUT2D eigenvalue weighted by Crippen LogP contribution is -2.07. The molecule has 2 aliphatic carbocycles. The normalized spacial score (nSPS) is 18.1. The van der Waals surface area contributed by atoms with E-state index in [0.717, 1.165) is 50.0 Å². The molecule has 0 aromatic heterocycles. The van der Waals surface area contributed by atoms with Gasteiger partial charge in [0.15, 0.2) is 0 Å². The minimum atomic E-state index is -1.01. The average molecular weight is 250 g/mol. The molecule has 0 aromatic carbocycles. The highest BCUT2D eigenvalue weighted by Crippen LogP contribution is 2.27. The van der Waals surface area contributed by atoms with E-state index in [1.54, 1.807) is 0 Å². The van der Waals surface area contributed by atoms with Gasteiger partial charge in [-0.2, -0.15) is 0 Å². The highest BCUT2D eigenvalue weighted by atomic mass is 16.7. The zero-order chi connectivity index (χ0) is 13.0. The van der Waals surface area contributed by atoms with Gasteiger partial charge in [0.05, 0.1) is 0 Å². The van der Waals surface area contributed by atoms with E-state index in [-0.39, 0.29) is 11.5 Å². The minimum Gasteiger partial charge on any atom is -0.478 e. The maximum Gasteiger partial charge on any atom is 0.338 e. The van der Waals surface area contributed by atoms with Crippen molar-refractivity contribution in [2.75, 3.05) is 0 Å². The van der Waals surface area contributed by atoms with Crippen molar-refractivity contribution in [2.24, 2.45) is 0 Å². The Bertz CT molecular complexity index is 401. The lowest BCUT2D eigenvalue weighted by atomic mass is 10.3. The summed E-state index contributed by atoms with van der Waals surface area (Å²) in [4.78, 5) is 11.0. The number of hydrogen-bond donors (Lipinski definition) is 1. The maximum atomic E-state index is 11.0. The van der Waals surface area contributed by atoms with E-state index < -0.39 is 5.97 Å². The van der Waals surface area contributed by atoms with Crippen LogP contribution in [-0.2, 0) is 14.3 Å². The van der Waals surface area contributed by atoms with Crippen LogP contribution < -0.4 is 0 Å². The molecule has 4 nitrogen and oxygen atoms in total. The zero-order valence-corrected chi connectivity index (χ0v) is 10.6. The summed E-state index contributed by atoms with van der Waals surface area (Å²) in [5.41, 5.74) is 0.107. The summed E-state index contributed by atoms with van der Waals surface area (Å²) in [7, 11) is 0. The summed E-state index contributed by atoms with van der Waals surface area (Å²) in [5, 5.41) is 9.04. The number of carbonyl (C=O) groups is 1. The number of rotatable bonds is 5. The Morgan fingerprint density at radius 2 is 1.61 bits per heavy atom. The van der Waals surface area contributed by atoms with Crippen LogP contribution in [0.15, 0.2) is 35.2 Å². The van der Waals surface area contributed by atoms with E-state index in [0.29, 0.717) is 0 Å². The molecule has 1 N–H and O–H groups in total. The number of hydrogen-bond acceptors (Lipinski definition) is 3. The van der Waals surface area contributed by atoms with Gasteiger partial charge in [0.25, 0.3) is 5.95 Å². The molecular weight excluding hydrogens is 232 g/mol. The number of allylic oxidation sites excluding steroid dienone is 4. The van der Waals surface area contributed by atoms with Crippen molar-refractivity contribution >= 4 is 5.97 Å². The zero-order valence-electron chi connectivity index (χ0n) is 10.6. The summed E-state index contributed by atoms with van der Waals surface area (Å²) in [5.74, 6) is 0.722. The van der Waals surface area contributed by atoms with E-state index in [4.69, 9.17) is 14.6 Å². The van der Waals surface area contributed by atoms with Crippen molar-refractivity contribution in [1.29, 1.82) is 0 Å². The molecule has 0 bridgehead atoms. The van der Waals surface area contributed by atoms with Crippen molar-refractivity contribution in [3.63, 3.8) is 0 Å². The highest BCUT2D eigenvalue weighted by molar-refractivity contribution is 5.86. The van der Waals surface area contributed by atoms with E-state index in [1.807, 2.05) is 12.2 Å². The van der Waals surface area contributed by atoms with Gasteiger partial charge in [0, 0.05) is 12.8 Å². The van der Waals surface area contributed by atoms with Gasteiger partial charge >= 0.3 is 5.97 Å². The molecule has 0 unspecified atom stereocenters. The molecule has 0 fully saturated rings. The van der Waals surface area contributed by atoms with Gasteiger partial charge < -0.3 is 14.6 Å². The first-order valence-corrected chi connectivity index (χ1v) is 6.35. The van der Waals surface area contributed by atoms with Crippen molar-refractivity contribution in [3.8, 4) is 0 Å². The number of carboxylic acid groups (broad SMARTS) is 1. The van der Waals surface area contributed by atoms with E-state index in [2.05, 4.69) is 0 Å². The molecule has 0 saturated carbocycles. The van der Waals surface area contributed by atoms with E-state index in [9.17, 15) is 4.79 Å². The van der Waals surface area contributed by atoms with Crippen molar-refractivity contribution in [1.82, 2.24) is 0 Å². The second-order valence-electron chi connectivity index (χ2n) is 4.55. The molecule has 0 spiro atoms. The van der Waals surface area contributed by atoms with Gasteiger partial charge in [0.1, 0.15) is 17.1 Å². The molecule has 0 aromatic rings. The van der Waals surface area contributed by atoms with Crippen LogP contribution in [0.2, 0.25) is 0 Å². The Kier molecular flexibility index (Phi) is 4.07. The standard InChI is InChI=1S/C14H18O4/c1-10(13(15)16)14(17-11-6-2-3-7-11)18-12-8-4-5-9-12/h6,8H,2-5,7,9H2,1H3,(H,15,16). The second-order valence-corrected chi connectivity index (χ2v) is 4.55. The van der Waals surface area contributed by atoms with Crippen molar-refractivity contribution < 1.29 is 19.4 Å². The first kappa shape index (κ1) is 12.7. The molecule has 98 valence electrons. The largest absolute Gasteiger partial charge is 0.478 e.